The lowest BCUT2D eigenvalue weighted by Crippen LogP contribution is -2.27. The lowest BCUT2D eigenvalue weighted by Gasteiger charge is -2.29. The molecular weight excluding hydrogens is 229 g/mol. The Hall–Kier alpha value is -0.800. The first-order valence-corrected chi connectivity index (χ1v) is 4.98. The predicted octanol–water partition coefficient (Wildman–Crippen LogP) is 3.31. The first-order valence-electron chi connectivity index (χ1n) is 4.98. The molecule has 16 heavy (non-hydrogen) atoms. The van der Waals surface area contributed by atoms with Gasteiger partial charge in [-0.3, -0.25) is 0 Å². The van der Waals surface area contributed by atoms with Gasteiger partial charge in [-0.25, -0.2) is 4.39 Å². The number of aryl methyl sites for hydroxylation is 1. The first-order chi connectivity index (χ1) is 6.75. The second-order valence-electron chi connectivity index (χ2n) is 4.97. The zero-order valence-corrected chi connectivity index (χ0v) is 10.9. The van der Waals surface area contributed by atoms with E-state index < -0.39 is 5.82 Å². The molecule has 1 aromatic rings. The van der Waals surface area contributed by atoms with Crippen molar-refractivity contribution in [2.75, 3.05) is 0 Å². The number of phenolic OH excluding ortho intramolecular Hbond substituents is 1. The molecule has 0 aliphatic rings. The third-order valence-corrected chi connectivity index (χ3v) is 2.63. The van der Waals surface area contributed by atoms with Crippen LogP contribution in [0.3, 0.4) is 0 Å². The molecule has 0 fully saturated rings. The third kappa shape index (κ3) is 2.86. The Morgan fingerprint density at radius 1 is 1.31 bits per heavy atom. The highest BCUT2D eigenvalue weighted by atomic mass is 35.5. The Labute approximate surface area is 102 Å². The van der Waals surface area contributed by atoms with Crippen LogP contribution < -0.4 is 5.73 Å². The van der Waals surface area contributed by atoms with Crippen LogP contribution in [0.25, 0.3) is 0 Å². The molecule has 0 aliphatic carbocycles. The summed E-state index contributed by atoms with van der Waals surface area (Å²) in [4.78, 5) is 0. The van der Waals surface area contributed by atoms with E-state index >= 15 is 0 Å². The van der Waals surface area contributed by atoms with Crippen molar-refractivity contribution in [1.29, 1.82) is 0 Å². The van der Waals surface area contributed by atoms with E-state index in [0.717, 1.165) is 5.56 Å². The summed E-state index contributed by atoms with van der Waals surface area (Å²) in [5.41, 5.74) is 7.12. The Balaban J connectivity index is 0.00000225. The number of aromatic hydroxyl groups is 1. The van der Waals surface area contributed by atoms with Gasteiger partial charge in [-0.05, 0) is 24.0 Å². The van der Waals surface area contributed by atoms with Gasteiger partial charge in [-0.15, -0.1) is 12.4 Å². The van der Waals surface area contributed by atoms with Gasteiger partial charge in [0.2, 0.25) is 0 Å². The van der Waals surface area contributed by atoms with Crippen molar-refractivity contribution in [3.8, 4) is 5.75 Å². The average Bonchev–Trinajstić information content (AvgIpc) is 2.10. The van der Waals surface area contributed by atoms with Crippen LogP contribution in [0.1, 0.15) is 37.9 Å². The van der Waals surface area contributed by atoms with Crippen LogP contribution >= 0.6 is 12.4 Å². The molecule has 0 radical (unpaired) electrons. The summed E-state index contributed by atoms with van der Waals surface area (Å²) in [6, 6.07) is 2.51. The van der Waals surface area contributed by atoms with Gasteiger partial charge in [0.1, 0.15) is 0 Å². The highest BCUT2D eigenvalue weighted by Crippen LogP contribution is 2.38. The van der Waals surface area contributed by atoms with E-state index in [0.29, 0.717) is 5.56 Å². The molecule has 1 aromatic carbocycles. The van der Waals surface area contributed by atoms with Crippen LogP contribution in [0.2, 0.25) is 0 Å². The molecule has 0 heterocycles. The second kappa shape index (κ2) is 5.02. The maximum absolute atomic E-state index is 13.2. The van der Waals surface area contributed by atoms with Gasteiger partial charge in [0.05, 0.1) is 0 Å². The Bertz CT molecular complexity index is 374. The van der Waals surface area contributed by atoms with Crippen molar-refractivity contribution in [3.05, 3.63) is 29.1 Å². The molecule has 1 rings (SSSR count). The molecule has 1 atom stereocenters. The number of benzene rings is 1. The quantitative estimate of drug-likeness (QED) is 0.800. The Kier molecular flexibility index (Phi) is 4.77. The maximum Gasteiger partial charge on any atom is 0.165 e. The molecule has 0 bridgehead atoms. The molecule has 0 unspecified atom stereocenters. The number of rotatable bonds is 1. The summed E-state index contributed by atoms with van der Waals surface area (Å²) in [5.74, 6) is -0.937. The molecule has 4 heteroatoms. The summed E-state index contributed by atoms with van der Waals surface area (Å²) >= 11 is 0. The van der Waals surface area contributed by atoms with Crippen molar-refractivity contribution in [3.63, 3.8) is 0 Å². The van der Waals surface area contributed by atoms with Crippen molar-refractivity contribution >= 4 is 12.4 Å². The van der Waals surface area contributed by atoms with Crippen molar-refractivity contribution in [1.82, 2.24) is 0 Å². The fourth-order valence-corrected chi connectivity index (χ4v) is 1.51. The summed E-state index contributed by atoms with van der Waals surface area (Å²) < 4.78 is 13.2. The van der Waals surface area contributed by atoms with Crippen LogP contribution in [0.5, 0.6) is 5.75 Å². The molecule has 2 nitrogen and oxygen atoms in total. The molecule has 3 N–H and O–H groups in total. The third-order valence-electron chi connectivity index (χ3n) is 2.63. The second-order valence-corrected chi connectivity index (χ2v) is 4.97. The standard InChI is InChI=1S/C12H18FNO.ClH/c1-7-5-6-8(13)10(15)9(7)11(14)12(2,3)4;/h5-6,11,15H,14H2,1-4H3;1H/t11-;/m0./s1. The van der Waals surface area contributed by atoms with Crippen LogP contribution in [0.15, 0.2) is 12.1 Å². The number of hydrogen-bond donors (Lipinski definition) is 2. The fourth-order valence-electron chi connectivity index (χ4n) is 1.51. The molecular formula is C12H19ClFNO. The smallest absolute Gasteiger partial charge is 0.165 e. The SMILES string of the molecule is Cc1ccc(F)c(O)c1[C@H](N)C(C)(C)C.Cl. The van der Waals surface area contributed by atoms with Gasteiger partial charge in [0.15, 0.2) is 11.6 Å². The van der Waals surface area contributed by atoms with E-state index in [1.807, 2.05) is 27.7 Å². The van der Waals surface area contributed by atoms with Gasteiger partial charge >= 0.3 is 0 Å². The summed E-state index contributed by atoms with van der Waals surface area (Å²) in [6.07, 6.45) is 0. The van der Waals surface area contributed by atoms with E-state index in [-0.39, 0.29) is 29.6 Å². The topological polar surface area (TPSA) is 46.2 Å². The molecule has 0 aromatic heterocycles. The van der Waals surface area contributed by atoms with Crippen LogP contribution in [-0.4, -0.2) is 5.11 Å². The summed E-state index contributed by atoms with van der Waals surface area (Å²) in [5, 5.41) is 9.66. The van der Waals surface area contributed by atoms with Crippen LogP contribution in [0, 0.1) is 18.2 Å². The van der Waals surface area contributed by atoms with Crippen molar-refractivity contribution < 1.29 is 9.50 Å². The minimum Gasteiger partial charge on any atom is -0.505 e. The van der Waals surface area contributed by atoms with E-state index in [2.05, 4.69) is 0 Å². The molecule has 0 saturated heterocycles. The van der Waals surface area contributed by atoms with E-state index in [9.17, 15) is 9.50 Å². The zero-order chi connectivity index (χ0) is 11.8. The van der Waals surface area contributed by atoms with Crippen LogP contribution in [0.4, 0.5) is 4.39 Å². The van der Waals surface area contributed by atoms with E-state index in [1.165, 1.54) is 6.07 Å². The van der Waals surface area contributed by atoms with Gasteiger partial charge in [0, 0.05) is 11.6 Å². The lowest BCUT2D eigenvalue weighted by atomic mass is 9.81. The monoisotopic (exact) mass is 247 g/mol. The highest BCUT2D eigenvalue weighted by Gasteiger charge is 2.27. The van der Waals surface area contributed by atoms with Gasteiger partial charge in [0.25, 0.3) is 0 Å². The largest absolute Gasteiger partial charge is 0.505 e. The van der Waals surface area contributed by atoms with Crippen molar-refractivity contribution in [2.45, 2.75) is 33.7 Å². The van der Waals surface area contributed by atoms with Gasteiger partial charge in [-0.2, -0.15) is 0 Å². The van der Waals surface area contributed by atoms with Crippen molar-refractivity contribution in [2.24, 2.45) is 11.1 Å². The van der Waals surface area contributed by atoms with Crippen LogP contribution in [-0.2, 0) is 0 Å². The minimum atomic E-state index is -0.615. The number of halogens is 2. The maximum atomic E-state index is 13.2. The van der Waals surface area contributed by atoms with E-state index in [4.69, 9.17) is 5.73 Å². The molecule has 0 spiro atoms. The van der Waals surface area contributed by atoms with E-state index in [1.54, 1.807) is 6.07 Å². The average molecular weight is 248 g/mol. The first kappa shape index (κ1) is 15.2. The number of nitrogens with two attached hydrogens (primary N) is 1. The van der Waals surface area contributed by atoms with Gasteiger partial charge in [-0.1, -0.05) is 26.8 Å². The summed E-state index contributed by atoms with van der Waals surface area (Å²) in [6.45, 7) is 7.70. The minimum absolute atomic E-state index is 0. The summed E-state index contributed by atoms with van der Waals surface area (Å²) in [7, 11) is 0. The normalized spacial score (nSPS) is 13.1. The highest BCUT2D eigenvalue weighted by molar-refractivity contribution is 5.85. The predicted molar refractivity (Wildman–Crippen MR) is 66.4 cm³/mol. The number of phenols is 1. The fraction of sp³-hybridized carbons (Fsp3) is 0.500. The molecule has 0 saturated carbocycles. The lowest BCUT2D eigenvalue weighted by molar-refractivity contribution is 0.312. The zero-order valence-electron chi connectivity index (χ0n) is 10.0. The Morgan fingerprint density at radius 2 is 1.81 bits per heavy atom. The number of hydrogen-bond acceptors (Lipinski definition) is 2. The molecule has 92 valence electrons. The Morgan fingerprint density at radius 3 is 2.25 bits per heavy atom. The molecule has 0 aliphatic heterocycles. The molecule has 0 amide bonds. The van der Waals surface area contributed by atoms with Gasteiger partial charge < -0.3 is 10.8 Å².